The minimum absolute atomic E-state index is 0.416. The summed E-state index contributed by atoms with van der Waals surface area (Å²) in [4.78, 5) is 14.5. The summed E-state index contributed by atoms with van der Waals surface area (Å²) in [5.41, 5.74) is 7.03. The number of hydrogen-bond donors (Lipinski definition) is 1. The van der Waals surface area contributed by atoms with E-state index in [0.717, 1.165) is 48.2 Å². The van der Waals surface area contributed by atoms with Crippen molar-refractivity contribution in [3.05, 3.63) is 137 Å². The van der Waals surface area contributed by atoms with Crippen LogP contribution in [0.1, 0.15) is 42.0 Å². The van der Waals surface area contributed by atoms with Crippen molar-refractivity contribution in [2.24, 2.45) is 0 Å². The molecule has 0 radical (unpaired) electrons. The minimum Gasteiger partial charge on any atom is -0.494 e. The molecule has 1 N–H and O–H groups in total. The molecular weight excluding hydrogens is 508 g/mol. The van der Waals surface area contributed by atoms with Crippen LogP contribution in [-0.4, -0.2) is 38.2 Å². The summed E-state index contributed by atoms with van der Waals surface area (Å²) in [5, 5.41) is 2.81. The van der Waals surface area contributed by atoms with E-state index in [4.69, 9.17) is 9.47 Å². The predicted octanol–water partition coefficient (Wildman–Crippen LogP) is 7.76. The van der Waals surface area contributed by atoms with Gasteiger partial charge in [0, 0.05) is 13.1 Å². The van der Waals surface area contributed by atoms with Crippen molar-refractivity contribution in [2.75, 3.05) is 27.2 Å². The van der Waals surface area contributed by atoms with Crippen LogP contribution in [0.5, 0.6) is 11.5 Å². The second-order valence-electron chi connectivity index (χ2n) is 10.3. The van der Waals surface area contributed by atoms with Crippen molar-refractivity contribution in [1.82, 2.24) is 10.2 Å². The van der Waals surface area contributed by atoms with Crippen LogP contribution in [0.25, 0.3) is 5.57 Å². The number of hydrogen-bond acceptors (Lipinski definition) is 4. The monoisotopic (exact) mass is 548 g/mol. The van der Waals surface area contributed by atoms with Crippen molar-refractivity contribution in [1.29, 1.82) is 0 Å². The summed E-state index contributed by atoms with van der Waals surface area (Å²) in [6.45, 7) is 4.31. The number of ether oxygens (including phenoxy) is 2. The van der Waals surface area contributed by atoms with E-state index >= 15 is 0 Å². The van der Waals surface area contributed by atoms with Gasteiger partial charge in [-0.15, -0.1) is 0 Å². The lowest BCUT2D eigenvalue weighted by Crippen LogP contribution is -2.26. The fourth-order valence-electron chi connectivity index (χ4n) is 4.70. The normalized spacial score (nSPS) is 11.6. The van der Waals surface area contributed by atoms with E-state index in [1.807, 2.05) is 60.7 Å². The van der Waals surface area contributed by atoms with Crippen LogP contribution in [0.3, 0.4) is 0 Å². The lowest BCUT2D eigenvalue weighted by atomic mass is 9.88. The Hall–Kier alpha value is -4.35. The molecule has 0 aliphatic carbocycles. The summed E-state index contributed by atoms with van der Waals surface area (Å²) < 4.78 is 11.5. The third kappa shape index (κ3) is 9.37. The molecule has 212 valence electrons. The highest BCUT2D eigenvalue weighted by Gasteiger charge is 2.14. The van der Waals surface area contributed by atoms with Gasteiger partial charge >= 0.3 is 6.09 Å². The highest BCUT2D eigenvalue weighted by atomic mass is 16.6. The standard InChI is InChI=1S/C36H40N2O3/c1-4-30(26-28-12-7-5-8-13-28)35(31-16-20-33(21-17-31)40-25-11-24-38(2)3)32-18-22-34(23-19-32)41-36(39)37-27-29-14-9-6-10-15-29/h5-10,12-23H,4,11,24-27H2,1-3H3,(H,37,39)/b35-30-. The van der Waals surface area contributed by atoms with Crippen LogP contribution < -0.4 is 14.8 Å². The van der Waals surface area contributed by atoms with Gasteiger partial charge in [0.05, 0.1) is 6.61 Å². The Morgan fingerprint density at radius 1 is 0.732 bits per heavy atom. The number of amides is 1. The number of nitrogens with zero attached hydrogens (tertiary/aromatic N) is 1. The molecule has 5 heteroatoms. The zero-order chi connectivity index (χ0) is 28.9. The third-order valence-electron chi connectivity index (χ3n) is 6.84. The largest absolute Gasteiger partial charge is 0.494 e. The van der Waals surface area contributed by atoms with Crippen LogP contribution >= 0.6 is 0 Å². The van der Waals surface area contributed by atoms with E-state index in [9.17, 15) is 4.79 Å². The second kappa shape index (κ2) is 15.4. The van der Waals surface area contributed by atoms with Gasteiger partial charge in [0.15, 0.2) is 0 Å². The van der Waals surface area contributed by atoms with Gasteiger partial charge in [-0.2, -0.15) is 0 Å². The summed E-state index contributed by atoms with van der Waals surface area (Å²) in [5.74, 6) is 1.37. The van der Waals surface area contributed by atoms with E-state index in [2.05, 4.69) is 79.8 Å². The van der Waals surface area contributed by atoms with Gasteiger partial charge in [0.1, 0.15) is 11.5 Å². The molecule has 0 aromatic heterocycles. The Bertz CT molecular complexity index is 1380. The maximum Gasteiger partial charge on any atom is 0.412 e. The Morgan fingerprint density at radius 3 is 1.85 bits per heavy atom. The molecule has 0 atom stereocenters. The number of benzene rings is 4. The first-order chi connectivity index (χ1) is 20.0. The van der Waals surface area contributed by atoms with E-state index in [1.54, 1.807) is 0 Å². The van der Waals surface area contributed by atoms with Gasteiger partial charge in [0.25, 0.3) is 0 Å². The third-order valence-corrected chi connectivity index (χ3v) is 6.84. The molecule has 4 aromatic carbocycles. The lowest BCUT2D eigenvalue weighted by Gasteiger charge is -2.17. The van der Waals surface area contributed by atoms with Crippen molar-refractivity contribution in [3.63, 3.8) is 0 Å². The molecule has 0 aliphatic heterocycles. The molecule has 0 unspecified atom stereocenters. The van der Waals surface area contributed by atoms with Gasteiger partial charge in [-0.05, 0) is 85.5 Å². The number of rotatable bonds is 13. The number of carbonyl (C=O) groups excluding carboxylic acids is 1. The Labute approximate surface area is 244 Å². The van der Waals surface area contributed by atoms with Crippen LogP contribution in [-0.2, 0) is 13.0 Å². The first-order valence-corrected chi connectivity index (χ1v) is 14.3. The van der Waals surface area contributed by atoms with Gasteiger partial charge in [0.2, 0.25) is 0 Å². The zero-order valence-corrected chi connectivity index (χ0v) is 24.3. The summed E-state index contributed by atoms with van der Waals surface area (Å²) in [6, 6.07) is 36.5. The molecule has 0 aliphatic rings. The maximum atomic E-state index is 12.4. The summed E-state index contributed by atoms with van der Waals surface area (Å²) in [7, 11) is 4.14. The molecule has 0 fully saturated rings. The molecule has 0 saturated heterocycles. The average Bonchev–Trinajstić information content (AvgIpc) is 3.00. The fraction of sp³-hybridized carbons (Fsp3) is 0.250. The van der Waals surface area contributed by atoms with Crippen LogP contribution in [0.15, 0.2) is 115 Å². The van der Waals surface area contributed by atoms with Gasteiger partial charge in [-0.1, -0.05) is 97.4 Å². The fourth-order valence-corrected chi connectivity index (χ4v) is 4.70. The second-order valence-corrected chi connectivity index (χ2v) is 10.3. The quantitative estimate of drug-likeness (QED) is 0.174. The van der Waals surface area contributed by atoms with Crippen molar-refractivity contribution < 1.29 is 14.3 Å². The van der Waals surface area contributed by atoms with Crippen LogP contribution in [0.4, 0.5) is 4.79 Å². The molecule has 41 heavy (non-hydrogen) atoms. The average molecular weight is 549 g/mol. The number of nitrogens with one attached hydrogen (secondary N) is 1. The van der Waals surface area contributed by atoms with Crippen molar-refractivity contribution in [3.8, 4) is 11.5 Å². The van der Waals surface area contributed by atoms with Gasteiger partial charge in [-0.25, -0.2) is 4.79 Å². The molecule has 0 bridgehead atoms. The van der Waals surface area contributed by atoms with Crippen molar-refractivity contribution in [2.45, 2.75) is 32.7 Å². The Balaban J connectivity index is 1.53. The van der Waals surface area contributed by atoms with E-state index in [1.165, 1.54) is 16.7 Å². The zero-order valence-electron chi connectivity index (χ0n) is 24.3. The molecule has 0 spiro atoms. The first-order valence-electron chi connectivity index (χ1n) is 14.3. The molecule has 1 amide bonds. The number of carbonyl (C=O) groups is 1. The number of allylic oxidation sites excluding steroid dienone is 1. The smallest absolute Gasteiger partial charge is 0.412 e. The summed E-state index contributed by atoms with van der Waals surface area (Å²) >= 11 is 0. The lowest BCUT2D eigenvalue weighted by molar-refractivity contribution is 0.200. The van der Waals surface area contributed by atoms with Gasteiger partial charge < -0.3 is 19.7 Å². The first kappa shape index (κ1) is 29.6. The Morgan fingerprint density at radius 2 is 1.29 bits per heavy atom. The molecule has 5 nitrogen and oxygen atoms in total. The predicted molar refractivity (Wildman–Crippen MR) is 167 cm³/mol. The topological polar surface area (TPSA) is 50.8 Å². The van der Waals surface area contributed by atoms with Crippen LogP contribution in [0, 0.1) is 0 Å². The Kier molecular flexibility index (Phi) is 11.2. The molecule has 4 aromatic rings. The maximum absolute atomic E-state index is 12.4. The summed E-state index contributed by atoms with van der Waals surface area (Å²) in [6.07, 6.45) is 2.27. The van der Waals surface area contributed by atoms with Crippen molar-refractivity contribution >= 4 is 11.7 Å². The molecular formula is C36H40N2O3. The molecule has 0 saturated carbocycles. The minimum atomic E-state index is -0.475. The molecule has 4 rings (SSSR count). The molecule has 0 heterocycles. The van der Waals surface area contributed by atoms with E-state index in [-0.39, 0.29) is 0 Å². The highest BCUT2D eigenvalue weighted by Crippen LogP contribution is 2.32. The van der Waals surface area contributed by atoms with E-state index in [0.29, 0.717) is 18.9 Å². The van der Waals surface area contributed by atoms with Gasteiger partial charge in [-0.3, -0.25) is 0 Å². The highest BCUT2D eigenvalue weighted by molar-refractivity contribution is 5.83. The van der Waals surface area contributed by atoms with E-state index < -0.39 is 6.09 Å². The SMILES string of the molecule is CC/C(Cc1ccccc1)=C(\c1ccc(OCCCN(C)C)cc1)c1ccc(OC(=O)NCc2ccccc2)cc1. The van der Waals surface area contributed by atoms with Crippen LogP contribution in [0.2, 0.25) is 0 Å².